The molecule has 0 spiro atoms. The van der Waals surface area contributed by atoms with Crippen LogP contribution in [-0.2, 0) is 20.7 Å². The topological polar surface area (TPSA) is 94.1 Å². The van der Waals surface area contributed by atoms with E-state index in [1.807, 2.05) is 18.2 Å². The molecule has 1 aromatic rings. The second kappa shape index (κ2) is 10.8. The van der Waals surface area contributed by atoms with Crippen LogP contribution in [0.25, 0.3) is 0 Å². The Morgan fingerprint density at radius 1 is 1.26 bits per heavy atom. The summed E-state index contributed by atoms with van der Waals surface area (Å²) in [5, 5.41) is 12.2. The number of aliphatic carboxylic acids is 1. The Morgan fingerprint density at radius 3 is 2.63 bits per heavy atom. The van der Waals surface area contributed by atoms with E-state index in [0.717, 1.165) is 29.9 Å². The summed E-state index contributed by atoms with van der Waals surface area (Å²) in [5.41, 5.74) is 1.01. The molecular formula is C20H29NO6. The predicted molar refractivity (Wildman–Crippen MR) is 100 cm³/mol. The summed E-state index contributed by atoms with van der Waals surface area (Å²) in [6, 6.07) is 5.62. The quantitative estimate of drug-likeness (QED) is 0.648. The Balaban J connectivity index is 1.77. The smallest absolute Gasteiger partial charge is 0.308 e. The van der Waals surface area contributed by atoms with Crippen LogP contribution in [0.5, 0.6) is 11.5 Å². The molecule has 1 saturated heterocycles. The van der Waals surface area contributed by atoms with Gasteiger partial charge < -0.3 is 24.6 Å². The van der Waals surface area contributed by atoms with Crippen molar-refractivity contribution in [1.82, 2.24) is 5.32 Å². The Hall–Kier alpha value is -2.28. The van der Waals surface area contributed by atoms with E-state index in [1.165, 1.54) is 0 Å². The number of methoxy groups -OCH3 is 2. The van der Waals surface area contributed by atoms with Crippen LogP contribution < -0.4 is 14.8 Å². The van der Waals surface area contributed by atoms with E-state index in [2.05, 4.69) is 5.32 Å². The van der Waals surface area contributed by atoms with Crippen molar-refractivity contribution in [2.75, 3.05) is 34.0 Å². The van der Waals surface area contributed by atoms with E-state index >= 15 is 0 Å². The van der Waals surface area contributed by atoms with Crippen LogP contribution in [0.1, 0.15) is 31.2 Å². The summed E-state index contributed by atoms with van der Waals surface area (Å²) in [6.45, 7) is 1.35. The molecule has 0 saturated carbocycles. The van der Waals surface area contributed by atoms with Gasteiger partial charge in [-0.3, -0.25) is 9.59 Å². The number of carboxylic acid groups (broad SMARTS) is 1. The molecule has 7 nitrogen and oxygen atoms in total. The first-order valence-electron chi connectivity index (χ1n) is 9.33. The number of carbonyl (C=O) groups is 2. The van der Waals surface area contributed by atoms with Gasteiger partial charge >= 0.3 is 5.97 Å². The van der Waals surface area contributed by atoms with Gasteiger partial charge in [-0.2, -0.15) is 0 Å². The summed E-state index contributed by atoms with van der Waals surface area (Å²) in [5.74, 6) is -0.0213. The highest BCUT2D eigenvalue weighted by Crippen LogP contribution is 2.26. The Morgan fingerprint density at radius 2 is 2.00 bits per heavy atom. The molecule has 2 rings (SSSR count). The maximum Gasteiger partial charge on any atom is 0.308 e. The van der Waals surface area contributed by atoms with E-state index in [0.29, 0.717) is 32.5 Å². The van der Waals surface area contributed by atoms with E-state index in [9.17, 15) is 14.7 Å². The molecule has 1 amide bonds. The highest BCUT2D eigenvalue weighted by Gasteiger charge is 2.29. The maximum atomic E-state index is 12.1. The summed E-state index contributed by atoms with van der Waals surface area (Å²) in [4.78, 5) is 23.6. The van der Waals surface area contributed by atoms with Gasteiger partial charge in [0.2, 0.25) is 5.91 Å². The second-order valence-corrected chi connectivity index (χ2v) is 6.73. The summed E-state index contributed by atoms with van der Waals surface area (Å²) in [7, 11) is 3.21. The van der Waals surface area contributed by atoms with Gasteiger partial charge in [0.1, 0.15) is 11.5 Å². The number of carboxylic acids is 1. The largest absolute Gasteiger partial charge is 0.497 e. The number of benzene rings is 1. The maximum absolute atomic E-state index is 12.1. The molecule has 1 aliphatic rings. The monoisotopic (exact) mass is 379 g/mol. The van der Waals surface area contributed by atoms with Crippen molar-refractivity contribution in [3.8, 4) is 11.5 Å². The normalized spacial score (nSPS) is 15.8. The molecule has 1 heterocycles. The van der Waals surface area contributed by atoms with Crippen molar-refractivity contribution >= 4 is 11.9 Å². The fourth-order valence-electron chi connectivity index (χ4n) is 3.38. The van der Waals surface area contributed by atoms with Crippen molar-refractivity contribution in [2.24, 2.45) is 11.8 Å². The van der Waals surface area contributed by atoms with Crippen LogP contribution in [0.15, 0.2) is 18.2 Å². The molecular weight excluding hydrogens is 350 g/mol. The SMILES string of the molecule is COc1ccc(CCCC(=O)NCC(C(=O)O)C2CCOCC2)c(OC)c1. The Labute approximate surface area is 160 Å². The fourth-order valence-corrected chi connectivity index (χ4v) is 3.38. The molecule has 0 radical (unpaired) electrons. The molecule has 27 heavy (non-hydrogen) atoms. The van der Waals surface area contributed by atoms with Crippen molar-refractivity contribution in [3.05, 3.63) is 23.8 Å². The third kappa shape index (κ3) is 6.43. The molecule has 1 atom stereocenters. The van der Waals surface area contributed by atoms with Gasteiger partial charge in [-0.25, -0.2) is 0 Å². The van der Waals surface area contributed by atoms with E-state index < -0.39 is 11.9 Å². The van der Waals surface area contributed by atoms with Crippen molar-refractivity contribution in [1.29, 1.82) is 0 Å². The van der Waals surface area contributed by atoms with Crippen LogP contribution >= 0.6 is 0 Å². The van der Waals surface area contributed by atoms with Crippen LogP contribution in [0.3, 0.4) is 0 Å². The number of ether oxygens (including phenoxy) is 3. The van der Waals surface area contributed by atoms with Gasteiger partial charge in [0.25, 0.3) is 0 Å². The fraction of sp³-hybridized carbons (Fsp3) is 0.600. The number of aryl methyl sites for hydroxylation is 1. The van der Waals surface area contributed by atoms with Crippen molar-refractivity contribution in [3.63, 3.8) is 0 Å². The van der Waals surface area contributed by atoms with Gasteiger partial charge in [0.05, 0.1) is 20.1 Å². The number of rotatable bonds is 10. The van der Waals surface area contributed by atoms with Gasteiger partial charge in [-0.15, -0.1) is 0 Å². The van der Waals surface area contributed by atoms with E-state index in [-0.39, 0.29) is 18.4 Å². The first kappa shape index (κ1) is 21.0. The van der Waals surface area contributed by atoms with Gasteiger partial charge in [-0.1, -0.05) is 6.07 Å². The minimum atomic E-state index is -0.856. The predicted octanol–water partition coefficient (Wildman–Crippen LogP) is 2.27. The molecule has 1 aliphatic heterocycles. The van der Waals surface area contributed by atoms with Crippen molar-refractivity contribution < 1.29 is 28.9 Å². The molecule has 2 N–H and O–H groups in total. The lowest BCUT2D eigenvalue weighted by molar-refractivity contribution is -0.145. The average molecular weight is 379 g/mol. The first-order valence-corrected chi connectivity index (χ1v) is 9.33. The summed E-state index contributed by atoms with van der Waals surface area (Å²) >= 11 is 0. The number of carbonyl (C=O) groups excluding carboxylic acids is 1. The average Bonchev–Trinajstić information content (AvgIpc) is 2.68. The molecule has 1 unspecified atom stereocenters. The highest BCUT2D eigenvalue weighted by molar-refractivity contribution is 5.77. The highest BCUT2D eigenvalue weighted by atomic mass is 16.5. The van der Waals surface area contributed by atoms with Crippen LogP contribution in [0, 0.1) is 11.8 Å². The number of hydrogen-bond donors (Lipinski definition) is 2. The molecule has 7 heteroatoms. The molecule has 1 fully saturated rings. The zero-order chi connectivity index (χ0) is 19.6. The molecule has 0 bridgehead atoms. The zero-order valence-corrected chi connectivity index (χ0v) is 16.0. The first-order chi connectivity index (χ1) is 13.0. The number of amides is 1. The van der Waals surface area contributed by atoms with Crippen LogP contribution in [-0.4, -0.2) is 51.0 Å². The Bertz CT molecular complexity index is 627. The summed E-state index contributed by atoms with van der Waals surface area (Å²) in [6.07, 6.45) is 3.15. The lowest BCUT2D eigenvalue weighted by atomic mass is 9.86. The lowest BCUT2D eigenvalue weighted by Crippen LogP contribution is -2.38. The standard InChI is InChI=1S/C20H29NO6/c1-25-16-7-6-15(18(12-16)26-2)4-3-5-19(22)21-13-17(20(23)24)14-8-10-27-11-9-14/h6-7,12,14,17H,3-5,8-11,13H2,1-2H3,(H,21,22)(H,23,24). The summed E-state index contributed by atoms with van der Waals surface area (Å²) < 4.78 is 15.8. The minimum absolute atomic E-state index is 0.0557. The van der Waals surface area contributed by atoms with Gasteiger partial charge in [-0.05, 0) is 43.2 Å². The third-order valence-electron chi connectivity index (χ3n) is 5.02. The van der Waals surface area contributed by atoms with E-state index in [4.69, 9.17) is 14.2 Å². The molecule has 0 aromatic heterocycles. The van der Waals surface area contributed by atoms with Crippen LogP contribution in [0.2, 0.25) is 0 Å². The zero-order valence-electron chi connectivity index (χ0n) is 16.0. The lowest BCUT2D eigenvalue weighted by Gasteiger charge is -2.27. The van der Waals surface area contributed by atoms with E-state index in [1.54, 1.807) is 14.2 Å². The van der Waals surface area contributed by atoms with Crippen molar-refractivity contribution in [2.45, 2.75) is 32.1 Å². The van der Waals surface area contributed by atoms with Gasteiger partial charge in [0, 0.05) is 32.2 Å². The number of nitrogens with one attached hydrogen (secondary N) is 1. The third-order valence-corrected chi connectivity index (χ3v) is 5.02. The Kier molecular flexibility index (Phi) is 8.39. The number of hydrogen-bond acceptors (Lipinski definition) is 5. The molecule has 150 valence electrons. The molecule has 1 aromatic carbocycles. The minimum Gasteiger partial charge on any atom is -0.497 e. The van der Waals surface area contributed by atoms with Gasteiger partial charge in [0.15, 0.2) is 0 Å². The second-order valence-electron chi connectivity index (χ2n) is 6.73. The molecule has 0 aliphatic carbocycles. The van der Waals surface area contributed by atoms with Crippen LogP contribution in [0.4, 0.5) is 0 Å².